The van der Waals surface area contributed by atoms with Gasteiger partial charge in [0.15, 0.2) is 0 Å². The molecule has 0 bridgehead atoms. The van der Waals surface area contributed by atoms with E-state index in [0.29, 0.717) is 28.3 Å². The summed E-state index contributed by atoms with van der Waals surface area (Å²) in [5.74, 6) is 2.48. The largest absolute Gasteiger partial charge is 0.469 e. The Bertz CT molecular complexity index is 458. The van der Waals surface area contributed by atoms with E-state index in [2.05, 4.69) is 33.8 Å². The molecule has 1 aliphatic heterocycles. The summed E-state index contributed by atoms with van der Waals surface area (Å²) in [7, 11) is 1.56. The monoisotopic (exact) mass is 294 g/mol. The predicted molar refractivity (Wildman–Crippen MR) is 83.6 cm³/mol. The highest BCUT2D eigenvalue weighted by atomic mass is 32.2. The minimum Gasteiger partial charge on any atom is -0.469 e. The smallest absolute Gasteiger partial charge is 0.313 e. The van der Waals surface area contributed by atoms with Crippen LogP contribution in [0.4, 0.5) is 0 Å². The Labute approximate surface area is 126 Å². The second kappa shape index (κ2) is 4.79. The summed E-state index contributed by atoms with van der Waals surface area (Å²) in [6.07, 6.45) is 4.70. The summed E-state index contributed by atoms with van der Waals surface area (Å²) < 4.78 is 5.27. The molecule has 0 unspecified atom stereocenters. The van der Waals surface area contributed by atoms with Gasteiger partial charge in [-0.05, 0) is 31.1 Å². The molecule has 1 heterocycles. The Morgan fingerprint density at radius 3 is 2.75 bits per heavy atom. The van der Waals surface area contributed by atoms with E-state index >= 15 is 0 Å². The molecule has 3 heteroatoms. The van der Waals surface area contributed by atoms with Crippen molar-refractivity contribution in [2.45, 2.75) is 51.0 Å². The number of esters is 1. The number of carbonyl (C=O) groups excluding carboxylic acids is 1. The predicted octanol–water partition coefficient (Wildman–Crippen LogP) is 3.91. The average molecular weight is 294 g/mol. The maximum atomic E-state index is 12.7. The van der Waals surface area contributed by atoms with Crippen LogP contribution < -0.4 is 0 Å². The molecule has 2 nitrogen and oxygen atoms in total. The van der Waals surface area contributed by atoms with Crippen molar-refractivity contribution in [1.29, 1.82) is 0 Å². The van der Waals surface area contributed by atoms with E-state index in [1.54, 1.807) is 7.11 Å². The van der Waals surface area contributed by atoms with Crippen LogP contribution in [0.3, 0.4) is 0 Å². The fourth-order valence-corrected chi connectivity index (χ4v) is 7.53. The normalized spacial score (nSPS) is 51.5. The molecule has 1 saturated heterocycles. The summed E-state index contributed by atoms with van der Waals surface area (Å²) in [6, 6.07) is 0. The molecule has 2 aliphatic carbocycles. The number of rotatable bonds is 2. The van der Waals surface area contributed by atoms with E-state index in [9.17, 15) is 4.79 Å². The van der Waals surface area contributed by atoms with Crippen molar-refractivity contribution >= 4 is 17.7 Å². The zero-order chi connectivity index (χ0) is 14.7. The molecule has 0 radical (unpaired) electrons. The van der Waals surface area contributed by atoms with E-state index < -0.39 is 0 Å². The van der Waals surface area contributed by atoms with Gasteiger partial charge in [-0.15, -0.1) is 0 Å². The van der Waals surface area contributed by atoms with Crippen LogP contribution >= 0.6 is 11.8 Å². The van der Waals surface area contributed by atoms with Gasteiger partial charge in [-0.25, -0.2) is 0 Å². The lowest BCUT2D eigenvalue weighted by Gasteiger charge is -2.57. The van der Waals surface area contributed by atoms with Gasteiger partial charge in [-0.3, -0.25) is 4.79 Å². The molecule has 0 N–H and O–H groups in total. The Hall–Kier alpha value is -0.440. The lowest BCUT2D eigenvalue weighted by molar-refractivity contribution is -0.182. The number of allylic oxidation sites excluding steroid dienone is 2. The third-order valence-electron chi connectivity index (χ3n) is 6.34. The summed E-state index contributed by atoms with van der Waals surface area (Å²) in [6.45, 7) is 8.99. The minimum absolute atomic E-state index is 0.0456. The molecule has 0 aromatic carbocycles. The van der Waals surface area contributed by atoms with Gasteiger partial charge >= 0.3 is 5.97 Å². The van der Waals surface area contributed by atoms with Crippen molar-refractivity contribution in [2.75, 3.05) is 7.11 Å². The summed E-state index contributed by atoms with van der Waals surface area (Å²) in [5, 5.41) is 0.956. The van der Waals surface area contributed by atoms with E-state index in [1.165, 1.54) is 18.4 Å². The topological polar surface area (TPSA) is 26.3 Å². The van der Waals surface area contributed by atoms with E-state index in [4.69, 9.17) is 4.74 Å². The highest BCUT2D eigenvalue weighted by Gasteiger charge is 2.76. The van der Waals surface area contributed by atoms with E-state index in [0.717, 1.165) is 5.92 Å². The molecular weight excluding hydrogens is 268 g/mol. The summed E-state index contributed by atoms with van der Waals surface area (Å²) in [5.41, 5.74) is 1.28. The molecule has 112 valence electrons. The summed E-state index contributed by atoms with van der Waals surface area (Å²) in [4.78, 5) is 12.7. The minimum atomic E-state index is -0.241. The zero-order valence-electron chi connectivity index (χ0n) is 13.2. The summed E-state index contributed by atoms with van der Waals surface area (Å²) >= 11 is 2.00. The van der Waals surface area contributed by atoms with Crippen molar-refractivity contribution in [3.05, 3.63) is 11.6 Å². The quantitative estimate of drug-likeness (QED) is 0.570. The first kappa shape index (κ1) is 14.5. The van der Waals surface area contributed by atoms with Gasteiger partial charge in [0, 0.05) is 16.4 Å². The molecule has 20 heavy (non-hydrogen) atoms. The van der Waals surface area contributed by atoms with Gasteiger partial charge in [0.05, 0.1) is 12.5 Å². The van der Waals surface area contributed by atoms with Crippen LogP contribution in [0.1, 0.15) is 40.5 Å². The lowest BCUT2D eigenvalue weighted by Crippen LogP contribution is -2.63. The Balaban J connectivity index is 2.08. The van der Waals surface area contributed by atoms with Crippen LogP contribution in [0.5, 0.6) is 0 Å². The van der Waals surface area contributed by atoms with Crippen LogP contribution in [-0.4, -0.2) is 23.6 Å². The van der Waals surface area contributed by atoms with Crippen molar-refractivity contribution in [1.82, 2.24) is 0 Å². The van der Waals surface area contributed by atoms with Gasteiger partial charge in [-0.1, -0.05) is 38.8 Å². The van der Waals surface area contributed by atoms with Gasteiger partial charge in [0.1, 0.15) is 0 Å². The molecule has 0 aromatic heterocycles. The van der Waals surface area contributed by atoms with Gasteiger partial charge < -0.3 is 4.74 Å². The molecule has 3 fully saturated rings. The number of ether oxygens (including phenoxy) is 1. The lowest BCUT2D eigenvalue weighted by atomic mass is 9.44. The molecule has 0 spiro atoms. The second-order valence-corrected chi connectivity index (χ2v) is 8.45. The molecule has 2 saturated carbocycles. The average Bonchev–Trinajstić information content (AvgIpc) is 2.83. The maximum Gasteiger partial charge on any atom is 0.313 e. The molecule has 7 atom stereocenters. The first-order chi connectivity index (χ1) is 9.53. The number of fused-ring (bicyclic) bond motifs is 4. The van der Waals surface area contributed by atoms with Crippen molar-refractivity contribution in [3.63, 3.8) is 0 Å². The first-order valence-electron chi connectivity index (χ1n) is 7.92. The molecule has 3 rings (SSSR count). The van der Waals surface area contributed by atoms with Crippen molar-refractivity contribution in [2.24, 2.45) is 29.1 Å². The van der Waals surface area contributed by atoms with Crippen LogP contribution in [0.25, 0.3) is 0 Å². The number of hydrogen-bond donors (Lipinski definition) is 0. The number of carbonyl (C=O) groups is 1. The molecule has 0 aromatic rings. The second-order valence-electron chi connectivity index (χ2n) is 6.72. The fraction of sp³-hybridized carbons (Fsp3) is 0.824. The van der Waals surface area contributed by atoms with E-state index in [1.807, 2.05) is 11.8 Å². The maximum absolute atomic E-state index is 12.7. The van der Waals surface area contributed by atoms with Gasteiger partial charge in [0.2, 0.25) is 0 Å². The zero-order valence-corrected chi connectivity index (χ0v) is 14.0. The third-order valence-corrected chi connectivity index (χ3v) is 7.86. The molecule has 3 aliphatic rings. The van der Waals surface area contributed by atoms with Gasteiger partial charge in [-0.2, -0.15) is 11.8 Å². The Morgan fingerprint density at radius 2 is 2.20 bits per heavy atom. The number of thioether (sulfide) groups is 1. The Kier molecular flexibility index (Phi) is 3.47. The Morgan fingerprint density at radius 1 is 1.50 bits per heavy atom. The van der Waals surface area contributed by atoms with Crippen LogP contribution in [-0.2, 0) is 9.53 Å². The molecule has 0 amide bonds. The highest BCUT2D eigenvalue weighted by molar-refractivity contribution is 8.00. The third kappa shape index (κ3) is 1.45. The van der Waals surface area contributed by atoms with E-state index in [-0.39, 0.29) is 11.4 Å². The van der Waals surface area contributed by atoms with Gasteiger partial charge in [0.25, 0.3) is 0 Å². The highest BCUT2D eigenvalue weighted by Crippen LogP contribution is 2.76. The number of hydrogen-bond acceptors (Lipinski definition) is 3. The van der Waals surface area contributed by atoms with Crippen LogP contribution in [0, 0.1) is 29.1 Å². The number of methoxy groups -OCH3 is 1. The standard InChI is InChI=1S/C17H26O2S/c1-6-11-8-12(7-2)15-13(11)14-9(3)20-10(4)17(14,15)16(18)19-5/h7,9-11,13-15H,6,8H2,1-5H3/b12-7-/t9-,10-,11+,13+,14+,15+,17-/m0/s1. The molecular formula is C17H26O2S. The fourth-order valence-electron chi connectivity index (χ4n) is 5.68. The van der Waals surface area contributed by atoms with Crippen LogP contribution in [0.15, 0.2) is 11.6 Å². The van der Waals surface area contributed by atoms with Crippen molar-refractivity contribution < 1.29 is 9.53 Å². The first-order valence-corrected chi connectivity index (χ1v) is 8.87. The SMILES string of the molecule is C/C=C1/C[C@@H](CC)[C@@H]2[C@H]3[C@H](C)S[C@@H](C)[C@@]3(C(=O)OC)[C@H]12. The van der Waals surface area contributed by atoms with Crippen LogP contribution in [0.2, 0.25) is 0 Å². The van der Waals surface area contributed by atoms with Crippen molar-refractivity contribution in [3.8, 4) is 0 Å².